The average Bonchev–Trinajstić information content (AvgIpc) is 2.99. The zero-order valence-corrected chi connectivity index (χ0v) is 18.9. The predicted molar refractivity (Wildman–Crippen MR) is 118 cm³/mol. The van der Waals surface area contributed by atoms with Crippen LogP contribution in [0.3, 0.4) is 0 Å². The molecule has 0 heterocycles. The van der Waals surface area contributed by atoms with E-state index >= 15 is 0 Å². The van der Waals surface area contributed by atoms with Crippen molar-refractivity contribution in [1.29, 1.82) is 0 Å². The van der Waals surface area contributed by atoms with Gasteiger partial charge in [0.25, 0.3) is 0 Å². The molecule has 0 saturated heterocycles. The van der Waals surface area contributed by atoms with Crippen molar-refractivity contribution in [3.05, 3.63) is 11.6 Å². The van der Waals surface area contributed by atoms with Crippen LogP contribution in [0.15, 0.2) is 11.6 Å². The molecule has 28 heavy (non-hydrogen) atoms. The minimum Gasteiger partial charge on any atom is -0.393 e. The van der Waals surface area contributed by atoms with Gasteiger partial charge in [-0.15, -0.1) is 0 Å². The molecule has 0 aromatic rings. The van der Waals surface area contributed by atoms with E-state index in [4.69, 9.17) is 5.73 Å². The van der Waals surface area contributed by atoms with Crippen molar-refractivity contribution in [2.24, 2.45) is 46.2 Å². The quantitative estimate of drug-likeness (QED) is 0.562. The Morgan fingerprint density at radius 2 is 1.86 bits per heavy atom. The van der Waals surface area contributed by atoms with E-state index in [1.54, 1.807) is 5.57 Å². The standard InChI is InChI=1S/C26H45NO/c1-17(6-5-7-18(2)27)22-10-11-23-21-9-8-19-16-20(28)12-14-25(19,3)24(21)13-15-26(22,23)4/h8,17-18,20-24,28H,5-7,9-16,27H2,1-4H3/t17-,18?,20?,21+,22-,23+,24+,25+,26-/m1/s1. The van der Waals surface area contributed by atoms with Gasteiger partial charge in [-0.1, -0.05) is 45.3 Å². The summed E-state index contributed by atoms with van der Waals surface area (Å²) in [5.41, 5.74) is 8.54. The highest BCUT2D eigenvalue weighted by Gasteiger charge is 2.59. The van der Waals surface area contributed by atoms with Gasteiger partial charge in [0, 0.05) is 6.04 Å². The molecule has 0 aromatic heterocycles. The number of rotatable bonds is 5. The molecule has 3 N–H and O–H groups in total. The molecule has 9 atom stereocenters. The number of nitrogens with two attached hydrogens (primary N) is 1. The lowest BCUT2D eigenvalue weighted by Gasteiger charge is -2.58. The van der Waals surface area contributed by atoms with Crippen molar-refractivity contribution >= 4 is 0 Å². The highest BCUT2D eigenvalue weighted by molar-refractivity contribution is 5.25. The van der Waals surface area contributed by atoms with Gasteiger partial charge >= 0.3 is 0 Å². The molecule has 4 rings (SSSR count). The van der Waals surface area contributed by atoms with Crippen LogP contribution in [-0.2, 0) is 0 Å². The SMILES string of the molecule is CC(N)CCC[C@@H](C)[C@H]1CC[C@H]2[C@@H]3CC=C4CC(O)CC[C@]4(C)[C@H]3CC[C@]12C. The minimum absolute atomic E-state index is 0.0855. The van der Waals surface area contributed by atoms with Gasteiger partial charge < -0.3 is 10.8 Å². The van der Waals surface area contributed by atoms with Crippen LogP contribution in [-0.4, -0.2) is 17.3 Å². The lowest BCUT2D eigenvalue weighted by molar-refractivity contribution is -0.0572. The smallest absolute Gasteiger partial charge is 0.0577 e. The summed E-state index contributed by atoms with van der Waals surface area (Å²) in [4.78, 5) is 0. The van der Waals surface area contributed by atoms with E-state index in [1.165, 1.54) is 57.8 Å². The van der Waals surface area contributed by atoms with Gasteiger partial charge in [0.1, 0.15) is 0 Å². The van der Waals surface area contributed by atoms with E-state index < -0.39 is 0 Å². The first-order valence-electron chi connectivity index (χ1n) is 12.4. The monoisotopic (exact) mass is 387 g/mol. The zero-order chi connectivity index (χ0) is 20.1. The fraction of sp³-hybridized carbons (Fsp3) is 0.923. The highest BCUT2D eigenvalue weighted by atomic mass is 16.3. The number of hydrogen-bond acceptors (Lipinski definition) is 2. The minimum atomic E-state index is -0.0855. The van der Waals surface area contributed by atoms with E-state index in [9.17, 15) is 5.11 Å². The Morgan fingerprint density at radius 1 is 1.07 bits per heavy atom. The van der Waals surface area contributed by atoms with Gasteiger partial charge in [0.2, 0.25) is 0 Å². The molecule has 0 radical (unpaired) electrons. The fourth-order valence-corrected chi connectivity index (χ4v) is 8.58. The van der Waals surface area contributed by atoms with Crippen LogP contribution >= 0.6 is 0 Å². The fourth-order valence-electron chi connectivity index (χ4n) is 8.58. The lowest BCUT2D eigenvalue weighted by Crippen LogP contribution is -2.50. The lowest BCUT2D eigenvalue weighted by atomic mass is 9.47. The van der Waals surface area contributed by atoms with Crippen LogP contribution in [0.4, 0.5) is 0 Å². The Morgan fingerprint density at radius 3 is 2.61 bits per heavy atom. The molecule has 3 fully saturated rings. The average molecular weight is 388 g/mol. The van der Waals surface area contributed by atoms with Crippen molar-refractivity contribution in [1.82, 2.24) is 0 Å². The van der Waals surface area contributed by atoms with E-state index in [1.807, 2.05) is 0 Å². The van der Waals surface area contributed by atoms with Gasteiger partial charge in [-0.3, -0.25) is 0 Å². The number of hydrogen-bond donors (Lipinski definition) is 2. The highest BCUT2D eigenvalue weighted by Crippen LogP contribution is 2.67. The third kappa shape index (κ3) is 3.41. The van der Waals surface area contributed by atoms with Gasteiger partial charge in [0.15, 0.2) is 0 Å². The summed E-state index contributed by atoms with van der Waals surface area (Å²) in [6.45, 7) is 9.90. The van der Waals surface area contributed by atoms with Crippen molar-refractivity contribution < 1.29 is 5.11 Å². The zero-order valence-electron chi connectivity index (χ0n) is 18.9. The molecule has 2 heteroatoms. The van der Waals surface area contributed by atoms with Crippen molar-refractivity contribution in [3.8, 4) is 0 Å². The van der Waals surface area contributed by atoms with Crippen LogP contribution in [0, 0.1) is 40.4 Å². The maximum absolute atomic E-state index is 10.2. The molecule has 0 aliphatic heterocycles. The van der Waals surface area contributed by atoms with E-state index in [-0.39, 0.29) is 6.10 Å². The third-order valence-electron chi connectivity index (χ3n) is 10.2. The van der Waals surface area contributed by atoms with Crippen LogP contribution in [0.25, 0.3) is 0 Å². The van der Waals surface area contributed by atoms with Crippen molar-refractivity contribution in [2.75, 3.05) is 0 Å². The molecule has 0 bridgehead atoms. The molecule has 3 saturated carbocycles. The largest absolute Gasteiger partial charge is 0.393 e. The Kier molecular flexibility index (Phi) is 5.77. The van der Waals surface area contributed by atoms with Crippen molar-refractivity contribution in [3.63, 3.8) is 0 Å². The van der Waals surface area contributed by atoms with Crippen LogP contribution in [0.2, 0.25) is 0 Å². The maximum atomic E-state index is 10.2. The molecule has 0 aromatic carbocycles. The summed E-state index contributed by atoms with van der Waals surface area (Å²) in [6, 6.07) is 0.354. The first-order valence-corrected chi connectivity index (χ1v) is 12.4. The third-order valence-corrected chi connectivity index (χ3v) is 10.2. The molecule has 2 unspecified atom stereocenters. The second kappa shape index (κ2) is 7.73. The Labute approximate surface area is 173 Å². The van der Waals surface area contributed by atoms with Gasteiger partial charge in [0.05, 0.1) is 6.10 Å². The van der Waals surface area contributed by atoms with Gasteiger partial charge in [-0.05, 0) is 105 Å². The van der Waals surface area contributed by atoms with Crippen LogP contribution in [0.5, 0.6) is 0 Å². The van der Waals surface area contributed by atoms with Crippen LogP contribution < -0.4 is 5.73 Å². The summed E-state index contributed by atoms with van der Waals surface area (Å²) in [7, 11) is 0. The molecule has 0 amide bonds. The summed E-state index contributed by atoms with van der Waals surface area (Å²) in [5.74, 6) is 4.45. The summed E-state index contributed by atoms with van der Waals surface area (Å²) < 4.78 is 0. The number of allylic oxidation sites excluding steroid dienone is 1. The Balaban J connectivity index is 1.49. The van der Waals surface area contributed by atoms with E-state index in [0.29, 0.717) is 16.9 Å². The van der Waals surface area contributed by atoms with E-state index in [2.05, 4.69) is 33.8 Å². The topological polar surface area (TPSA) is 46.2 Å². The van der Waals surface area contributed by atoms with Crippen LogP contribution in [0.1, 0.15) is 98.3 Å². The molecule has 2 nitrogen and oxygen atoms in total. The molecule has 4 aliphatic carbocycles. The molecular formula is C26H45NO. The second-order valence-electron chi connectivity index (χ2n) is 11.8. The first kappa shape index (κ1) is 20.9. The maximum Gasteiger partial charge on any atom is 0.0577 e. The first-order chi connectivity index (χ1) is 13.3. The summed E-state index contributed by atoms with van der Waals surface area (Å²) in [6.07, 6.45) is 16.6. The van der Waals surface area contributed by atoms with Gasteiger partial charge in [-0.25, -0.2) is 0 Å². The molecule has 0 spiro atoms. The normalized spacial score (nSPS) is 47.5. The molecule has 4 aliphatic rings. The number of fused-ring (bicyclic) bond motifs is 5. The summed E-state index contributed by atoms with van der Waals surface area (Å²) >= 11 is 0. The number of aliphatic hydroxyl groups is 1. The second-order valence-corrected chi connectivity index (χ2v) is 11.8. The van der Waals surface area contributed by atoms with Crippen molar-refractivity contribution in [2.45, 2.75) is 110 Å². The summed E-state index contributed by atoms with van der Waals surface area (Å²) in [5, 5.41) is 10.2. The predicted octanol–water partition coefficient (Wildman–Crippen LogP) is 6.08. The molecular weight excluding hydrogens is 342 g/mol. The number of aliphatic hydroxyl groups excluding tert-OH is 1. The molecule has 160 valence electrons. The van der Waals surface area contributed by atoms with Gasteiger partial charge in [-0.2, -0.15) is 0 Å². The van der Waals surface area contributed by atoms with E-state index in [0.717, 1.165) is 42.4 Å². The Hall–Kier alpha value is -0.340. The Bertz CT molecular complexity index is 597.